The predicted octanol–water partition coefficient (Wildman–Crippen LogP) is 3.38. The molecule has 0 aromatic heterocycles. The van der Waals surface area contributed by atoms with E-state index in [0.717, 1.165) is 6.42 Å². The Kier molecular flexibility index (Phi) is 5.85. The number of benzene rings is 1. The highest BCUT2D eigenvalue weighted by Gasteiger charge is 2.27. The molecule has 0 amide bonds. The second kappa shape index (κ2) is 6.91. The molecule has 0 aliphatic heterocycles. The lowest BCUT2D eigenvalue weighted by molar-refractivity contribution is -0.0327. The van der Waals surface area contributed by atoms with E-state index in [2.05, 4.69) is 11.4 Å². The quantitative estimate of drug-likeness (QED) is 0.790. The Morgan fingerprint density at radius 2 is 2.00 bits per heavy atom. The summed E-state index contributed by atoms with van der Waals surface area (Å²) >= 11 is 0.0198. The molecule has 0 unspecified atom stereocenters. The molecule has 0 saturated carbocycles. The van der Waals surface area contributed by atoms with E-state index in [-0.39, 0.29) is 17.5 Å². The lowest BCUT2D eigenvalue weighted by Crippen LogP contribution is -2.21. The summed E-state index contributed by atoms with van der Waals surface area (Å²) in [7, 11) is 0. The van der Waals surface area contributed by atoms with Crippen molar-refractivity contribution in [2.45, 2.75) is 18.9 Å². The Hall–Kier alpha value is -0.680. The maximum Gasteiger partial charge on any atom is 0.441 e. The summed E-state index contributed by atoms with van der Waals surface area (Å²) in [5.41, 5.74) is -1.70. The first kappa shape index (κ1) is 14.4. The molecule has 1 aromatic rings. The largest absolute Gasteiger partial charge is 0.441 e. The minimum atomic E-state index is -4.11. The lowest BCUT2D eigenvalue weighted by atomic mass is 10.1. The Morgan fingerprint density at radius 1 is 1.24 bits per heavy atom. The highest BCUT2D eigenvalue weighted by atomic mass is 32.2. The third-order valence-electron chi connectivity index (χ3n) is 2.22. The molecule has 1 aromatic carbocycles. The number of halogens is 3. The smallest absolute Gasteiger partial charge is 0.316 e. The van der Waals surface area contributed by atoms with Crippen LogP contribution in [0.5, 0.6) is 0 Å². The van der Waals surface area contributed by atoms with Crippen molar-refractivity contribution in [3.8, 4) is 0 Å². The normalized spacial score (nSPS) is 11.8. The first-order chi connectivity index (χ1) is 7.97. The molecular formula is C12H16F3NS. The van der Waals surface area contributed by atoms with Crippen LogP contribution in [0.3, 0.4) is 0 Å². The van der Waals surface area contributed by atoms with Gasteiger partial charge in [0.15, 0.2) is 0 Å². The second-order valence-electron chi connectivity index (χ2n) is 3.78. The van der Waals surface area contributed by atoms with Crippen LogP contribution in [0.4, 0.5) is 13.2 Å². The highest BCUT2D eigenvalue weighted by Crippen LogP contribution is 2.29. The second-order valence-corrected chi connectivity index (χ2v) is 4.94. The van der Waals surface area contributed by atoms with Crippen molar-refractivity contribution in [3.63, 3.8) is 0 Å². The summed E-state index contributed by atoms with van der Waals surface area (Å²) < 4.78 is 35.4. The van der Waals surface area contributed by atoms with Crippen molar-refractivity contribution in [2.75, 3.05) is 18.8 Å². The van der Waals surface area contributed by atoms with Crippen LogP contribution in [0, 0.1) is 6.92 Å². The molecule has 0 fully saturated rings. The molecule has 5 heteroatoms. The van der Waals surface area contributed by atoms with E-state index in [4.69, 9.17) is 0 Å². The number of aryl methyl sites for hydroxylation is 1. The van der Waals surface area contributed by atoms with Gasteiger partial charge >= 0.3 is 5.51 Å². The minimum absolute atomic E-state index is 0.0198. The summed E-state index contributed by atoms with van der Waals surface area (Å²) in [4.78, 5) is 0. The highest BCUT2D eigenvalue weighted by molar-refractivity contribution is 8.00. The number of rotatable bonds is 6. The van der Waals surface area contributed by atoms with Gasteiger partial charge in [0.1, 0.15) is 0 Å². The molecule has 0 aliphatic rings. The van der Waals surface area contributed by atoms with Crippen LogP contribution >= 0.6 is 11.8 Å². The van der Waals surface area contributed by atoms with Crippen molar-refractivity contribution in [1.29, 1.82) is 0 Å². The van der Waals surface area contributed by atoms with Gasteiger partial charge in [0.2, 0.25) is 0 Å². The number of nitrogens with one attached hydrogen (secondary N) is 1. The van der Waals surface area contributed by atoms with Crippen molar-refractivity contribution >= 4 is 11.8 Å². The average molecular weight is 263 g/mol. The molecule has 0 atom stereocenters. The van der Waals surface area contributed by atoms with E-state index in [1.54, 1.807) is 0 Å². The molecule has 0 heterocycles. The van der Waals surface area contributed by atoms with Crippen LogP contribution in [0.1, 0.15) is 11.1 Å². The van der Waals surface area contributed by atoms with Gasteiger partial charge in [-0.25, -0.2) is 0 Å². The SMILES string of the molecule is Cc1cccc(CCNCCSC(F)(F)F)c1. The van der Waals surface area contributed by atoms with Crippen LogP contribution in [0.15, 0.2) is 24.3 Å². The van der Waals surface area contributed by atoms with Gasteiger partial charge in [-0.2, -0.15) is 13.2 Å². The number of hydrogen-bond acceptors (Lipinski definition) is 2. The van der Waals surface area contributed by atoms with Gasteiger partial charge in [-0.3, -0.25) is 0 Å². The van der Waals surface area contributed by atoms with Crippen LogP contribution in [0.25, 0.3) is 0 Å². The third-order valence-corrected chi connectivity index (χ3v) is 2.95. The molecule has 0 saturated heterocycles. The fourth-order valence-corrected chi connectivity index (χ4v) is 1.94. The Labute approximate surface area is 104 Å². The summed E-state index contributed by atoms with van der Waals surface area (Å²) in [5.74, 6) is 0.0668. The molecule has 0 aliphatic carbocycles. The van der Waals surface area contributed by atoms with Crippen molar-refractivity contribution < 1.29 is 13.2 Å². The van der Waals surface area contributed by atoms with E-state index in [1.807, 2.05) is 25.1 Å². The third kappa shape index (κ3) is 7.28. The van der Waals surface area contributed by atoms with E-state index < -0.39 is 5.51 Å². The zero-order valence-electron chi connectivity index (χ0n) is 9.68. The van der Waals surface area contributed by atoms with Gasteiger partial charge in [0.05, 0.1) is 0 Å². The van der Waals surface area contributed by atoms with E-state index in [9.17, 15) is 13.2 Å². The van der Waals surface area contributed by atoms with Crippen LogP contribution in [-0.4, -0.2) is 24.4 Å². The minimum Gasteiger partial charge on any atom is -0.316 e. The van der Waals surface area contributed by atoms with Crippen molar-refractivity contribution in [1.82, 2.24) is 5.32 Å². The fourth-order valence-electron chi connectivity index (χ4n) is 1.46. The predicted molar refractivity (Wildman–Crippen MR) is 66.3 cm³/mol. The van der Waals surface area contributed by atoms with Crippen LogP contribution in [0.2, 0.25) is 0 Å². The van der Waals surface area contributed by atoms with Crippen molar-refractivity contribution in [3.05, 3.63) is 35.4 Å². The van der Waals surface area contributed by atoms with Gasteiger partial charge in [0, 0.05) is 12.3 Å². The fraction of sp³-hybridized carbons (Fsp3) is 0.500. The number of thioether (sulfide) groups is 1. The van der Waals surface area contributed by atoms with Crippen molar-refractivity contribution in [2.24, 2.45) is 0 Å². The van der Waals surface area contributed by atoms with Gasteiger partial charge in [-0.15, -0.1) is 0 Å². The monoisotopic (exact) mass is 263 g/mol. The molecule has 1 N–H and O–H groups in total. The van der Waals surface area contributed by atoms with Crippen LogP contribution < -0.4 is 5.32 Å². The first-order valence-electron chi connectivity index (χ1n) is 5.44. The first-order valence-corrected chi connectivity index (χ1v) is 6.43. The maximum absolute atomic E-state index is 11.8. The summed E-state index contributed by atoms with van der Waals surface area (Å²) in [6, 6.07) is 8.13. The van der Waals surface area contributed by atoms with Crippen LogP contribution in [-0.2, 0) is 6.42 Å². The Balaban J connectivity index is 2.09. The maximum atomic E-state index is 11.8. The summed E-state index contributed by atoms with van der Waals surface area (Å²) in [6.07, 6.45) is 0.846. The van der Waals surface area contributed by atoms with E-state index >= 15 is 0 Å². The molecule has 0 spiro atoms. The van der Waals surface area contributed by atoms with E-state index in [0.29, 0.717) is 13.1 Å². The molecule has 0 bridgehead atoms. The molecule has 1 nitrogen and oxygen atoms in total. The Morgan fingerprint density at radius 3 is 2.65 bits per heavy atom. The molecule has 0 radical (unpaired) electrons. The lowest BCUT2D eigenvalue weighted by Gasteiger charge is -2.07. The van der Waals surface area contributed by atoms with Gasteiger partial charge in [-0.1, -0.05) is 29.8 Å². The molecule has 17 heavy (non-hydrogen) atoms. The number of hydrogen-bond donors (Lipinski definition) is 1. The van der Waals surface area contributed by atoms with Gasteiger partial charge in [0.25, 0.3) is 0 Å². The Bertz CT molecular complexity index is 339. The van der Waals surface area contributed by atoms with Gasteiger partial charge < -0.3 is 5.32 Å². The molecule has 1 rings (SSSR count). The molecular weight excluding hydrogens is 247 g/mol. The topological polar surface area (TPSA) is 12.0 Å². The van der Waals surface area contributed by atoms with Gasteiger partial charge in [-0.05, 0) is 37.2 Å². The average Bonchev–Trinajstić information content (AvgIpc) is 2.22. The molecule has 96 valence electrons. The summed E-state index contributed by atoms with van der Waals surface area (Å²) in [6.45, 7) is 3.12. The zero-order chi connectivity index (χ0) is 12.7. The zero-order valence-corrected chi connectivity index (χ0v) is 10.5. The standard InChI is InChI=1S/C12H16F3NS/c1-10-3-2-4-11(9-10)5-6-16-7-8-17-12(13,14)15/h2-4,9,16H,5-8H2,1H3. The van der Waals surface area contributed by atoms with E-state index in [1.165, 1.54) is 11.1 Å². The number of alkyl halides is 3. The summed E-state index contributed by atoms with van der Waals surface area (Å²) in [5, 5.41) is 3.01.